The summed E-state index contributed by atoms with van der Waals surface area (Å²) in [5, 5.41) is 1.95. The third kappa shape index (κ3) is 3.67. The average molecular weight is 225 g/mol. The summed E-state index contributed by atoms with van der Waals surface area (Å²) in [6.45, 7) is 5.91. The van der Waals surface area contributed by atoms with Crippen molar-refractivity contribution in [3.63, 3.8) is 0 Å². The van der Waals surface area contributed by atoms with Crippen molar-refractivity contribution in [3.8, 4) is 0 Å². The Labute approximate surface area is 95.9 Å². The normalized spacial score (nSPS) is 10.3. The molecular formula is C12H19NOS. The molecule has 0 unspecified atom stereocenters. The number of amides is 1. The van der Waals surface area contributed by atoms with Gasteiger partial charge in [-0.2, -0.15) is 0 Å². The summed E-state index contributed by atoms with van der Waals surface area (Å²) < 4.78 is 0. The van der Waals surface area contributed by atoms with Crippen LogP contribution in [0.3, 0.4) is 0 Å². The molecule has 2 nitrogen and oxygen atoms in total. The van der Waals surface area contributed by atoms with Crippen molar-refractivity contribution in [2.24, 2.45) is 0 Å². The molecule has 1 aromatic heterocycles. The molecule has 0 aliphatic carbocycles. The summed E-state index contributed by atoms with van der Waals surface area (Å²) in [4.78, 5) is 14.8. The second kappa shape index (κ2) is 6.62. The average Bonchev–Trinajstić information content (AvgIpc) is 2.77. The highest BCUT2D eigenvalue weighted by atomic mass is 32.1. The van der Waals surface area contributed by atoms with Crippen LogP contribution in [0.15, 0.2) is 17.5 Å². The molecule has 0 aliphatic heterocycles. The summed E-state index contributed by atoms with van der Waals surface area (Å²) in [6.07, 6.45) is 3.51. The van der Waals surface area contributed by atoms with Gasteiger partial charge < -0.3 is 4.90 Å². The van der Waals surface area contributed by atoms with Crippen molar-refractivity contribution in [1.82, 2.24) is 4.90 Å². The van der Waals surface area contributed by atoms with E-state index in [0.29, 0.717) is 0 Å². The van der Waals surface area contributed by atoms with Crippen molar-refractivity contribution >= 4 is 17.2 Å². The molecule has 0 spiro atoms. The predicted molar refractivity (Wildman–Crippen MR) is 65.4 cm³/mol. The van der Waals surface area contributed by atoms with Crippen molar-refractivity contribution < 1.29 is 4.79 Å². The van der Waals surface area contributed by atoms with E-state index < -0.39 is 0 Å². The molecule has 0 radical (unpaired) electrons. The van der Waals surface area contributed by atoms with E-state index in [4.69, 9.17) is 0 Å². The number of hydrogen-bond donors (Lipinski definition) is 0. The highest BCUT2D eigenvalue weighted by Gasteiger charge is 2.13. The van der Waals surface area contributed by atoms with Crippen LogP contribution < -0.4 is 0 Å². The Balaban J connectivity index is 2.47. The van der Waals surface area contributed by atoms with Crippen LogP contribution in [0.25, 0.3) is 0 Å². The minimum atomic E-state index is 0.184. The monoisotopic (exact) mass is 225 g/mol. The van der Waals surface area contributed by atoms with Gasteiger partial charge in [0.15, 0.2) is 0 Å². The van der Waals surface area contributed by atoms with E-state index in [0.717, 1.165) is 24.4 Å². The largest absolute Gasteiger partial charge is 0.338 e. The molecule has 15 heavy (non-hydrogen) atoms. The molecule has 0 aliphatic rings. The first-order valence-electron chi connectivity index (χ1n) is 5.62. The zero-order chi connectivity index (χ0) is 11.1. The molecule has 0 saturated heterocycles. The molecule has 0 atom stereocenters. The second-order valence-electron chi connectivity index (χ2n) is 3.57. The Morgan fingerprint density at radius 3 is 2.73 bits per heavy atom. The maximum Gasteiger partial charge on any atom is 0.263 e. The maximum absolute atomic E-state index is 12.0. The Morgan fingerprint density at radius 1 is 1.40 bits per heavy atom. The van der Waals surface area contributed by atoms with E-state index in [1.807, 2.05) is 29.3 Å². The van der Waals surface area contributed by atoms with Gasteiger partial charge in [0.2, 0.25) is 0 Å². The van der Waals surface area contributed by atoms with Gasteiger partial charge >= 0.3 is 0 Å². The Hall–Kier alpha value is -0.830. The lowest BCUT2D eigenvalue weighted by molar-refractivity contribution is 0.0766. The molecule has 0 fully saturated rings. The molecule has 1 heterocycles. The number of thiophene rings is 1. The zero-order valence-electron chi connectivity index (χ0n) is 9.53. The van der Waals surface area contributed by atoms with Gasteiger partial charge in [0, 0.05) is 13.1 Å². The van der Waals surface area contributed by atoms with Crippen LogP contribution in [0.2, 0.25) is 0 Å². The molecule has 3 heteroatoms. The minimum absolute atomic E-state index is 0.184. The SMILES string of the molecule is CCCCCN(CC)C(=O)c1cccs1. The number of unbranched alkanes of at least 4 members (excludes halogenated alkanes) is 2. The van der Waals surface area contributed by atoms with Gasteiger partial charge in [0.25, 0.3) is 5.91 Å². The Morgan fingerprint density at radius 2 is 2.20 bits per heavy atom. The van der Waals surface area contributed by atoms with Crippen LogP contribution in [0.4, 0.5) is 0 Å². The molecule has 84 valence electrons. The van der Waals surface area contributed by atoms with Gasteiger partial charge in [-0.1, -0.05) is 25.8 Å². The molecule has 1 aromatic rings. The first-order chi connectivity index (χ1) is 7.29. The number of nitrogens with zero attached hydrogens (tertiary/aromatic N) is 1. The summed E-state index contributed by atoms with van der Waals surface area (Å²) >= 11 is 1.52. The number of hydrogen-bond acceptors (Lipinski definition) is 2. The van der Waals surface area contributed by atoms with Crippen molar-refractivity contribution in [3.05, 3.63) is 22.4 Å². The van der Waals surface area contributed by atoms with Gasteiger partial charge in [0.05, 0.1) is 4.88 Å². The fourth-order valence-corrected chi connectivity index (χ4v) is 2.20. The zero-order valence-corrected chi connectivity index (χ0v) is 10.3. The van der Waals surface area contributed by atoms with Crippen LogP contribution >= 0.6 is 11.3 Å². The topological polar surface area (TPSA) is 20.3 Å². The van der Waals surface area contributed by atoms with Gasteiger partial charge in [0.1, 0.15) is 0 Å². The van der Waals surface area contributed by atoms with Crippen molar-refractivity contribution in [2.75, 3.05) is 13.1 Å². The van der Waals surface area contributed by atoms with Crippen LogP contribution in [0, 0.1) is 0 Å². The van der Waals surface area contributed by atoms with E-state index in [-0.39, 0.29) is 5.91 Å². The summed E-state index contributed by atoms with van der Waals surface area (Å²) in [6, 6.07) is 3.83. The minimum Gasteiger partial charge on any atom is -0.338 e. The number of rotatable bonds is 6. The standard InChI is InChI=1S/C12H19NOS/c1-3-5-6-9-13(4-2)12(14)11-8-7-10-15-11/h7-8,10H,3-6,9H2,1-2H3. The second-order valence-corrected chi connectivity index (χ2v) is 4.52. The lowest BCUT2D eigenvalue weighted by atomic mass is 10.2. The molecule has 0 aromatic carbocycles. The van der Waals surface area contributed by atoms with Gasteiger partial charge in [-0.15, -0.1) is 11.3 Å². The smallest absolute Gasteiger partial charge is 0.263 e. The molecule has 1 amide bonds. The van der Waals surface area contributed by atoms with Gasteiger partial charge in [-0.05, 0) is 24.8 Å². The quantitative estimate of drug-likeness (QED) is 0.679. The molecule has 1 rings (SSSR count). The van der Waals surface area contributed by atoms with Crippen molar-refractivity contribution in [1.29, 1.82) is 0 Å². The van der Waals surface area contributed by atoms with Crippen LogP contribution in [0.5, 0.6) is 0 Å². The predicted octanol–water partition coefficient (Wildman–Crippen LogP) is 3.40. The van der Waals surface area contributed by atoms with Gasteiger partial charge in [-0.25, -0.2) is 0 Å². The van der Waals surface area contributed by atoms with E-state index in [2.05, 4.69) is 6.92 Å². The van der Waals surface area contributed by atoms with E-state index in [1.165, 1.54) is 24.2 Å². The number of carbonyl (C=O) groups is 1. The number of carbonyl (C=O) groups excluding carboxylic acids is 1. The van der Waals surface area contributed by atoms with Crippen LogP contribution in [-0.4, -0.2) is 23.9 Å². The van der Waals surface area contributed by atoms with Crippen LogP contribution in [-0.2, 0) is 0 Å². The van der Waals surface area contributed by atoms with E-state index in [1.54, 1.807) is 0 Å². The summed E-state index contributed by atoms with van der Waals surface area (Å²) in [5.41, 5.74) is 0. The first-order valence-corrected chi connectivity index (χ1v) is 6.50. The lowest BCUT2D eigenvalue weighted by Crippen LogP contribution is -2.31. The Kier molecular flexibility index (Phi) is 5.40. The third-order valence-corrected chi connectivity index (χ3v) is 3.29. The molecule has 0 bridgehead atoms. The summed E-state index contributed by atoms with van der Waals surface area (Å²) in [5.74, 6) is 0.184. The van der Waals surface area contributed by atoms with Gasteiger partial charge in [-0.3, -0.25) is 4.79 Å². The van der Waals surface area contributed by atoms with E-state index in [9.17, 15) is 4.79 Å². The highest BCUT2D eigenvalue weighted by Crippen LogP contribution is 2.12. The Bertz CT molecular complexity index is 282. The lowest BCUT2D eigenvalue weighted by Gasteiger charge is -2.19. The van der Waals surface area contributed by atoms with E-state index >= 15 is 0 Å². The first kappa shape index (κ1) is 12.2. The molecule has 0 N–H and O–H groups in total. The third-order valence-electron chi connectivity index (χ3n) is 2.43. The van der Waals surface area contributed by atoms with Crippen LogP contribution in [0.1, 0.15) is 42.8 Å². The van der Waals surface area contributed by atoms with Crippen molar-refractivity contribution in [2.45, 2.75) is 33.1 Å². The fourth-order valence-electron chi connectivity index (χ4n) is 1.51. The maximum atomic E-state index is 12.0. The summed E-state index contributed by atoms with van der Waals surface area (Å²) in [7, 11) is 0. The highest BCUT2D eigenvalue weighted by molar-refractivity contribution is 7.12. The fraction of sp³-hybridized carbons (Fsp3) is 0.583. The molecule has 0 saturated carbocycles. The molecular weight excluding hydrogens is 206 g/mol.